The molecule has 98 valence electrons. The number of hydrogen-bond donors (Lipinski definition) is 1. The molecule has 1 aromatic rings. The molecule has 18 heavy (non-hydrogen) atoms. The molecule has 2 aliphatic rings. The summed E-state index contributed by atoms with van der Waals surface area (Å²) in [7, 11) is 0. The van der Waals surface area contributed by atoms with Gasteiger partial charge in [-0.05, 0) is 49.1 Å². The molecule has 0 amide bonds. The van der Waals surface area contributed by atoms with Crippen LogP contribution in [0, 0.1) is 11.8 Å². The van der Waals surface area contributed by atoms with Gasteiger partial charge in [0.1, 0.15) is 0 Å². The van der Waals surface area contributed by atoms with Gasteiger partial charge in [-0.25, -0.2) is 0 Å². The van der Waals surface area contributed by atoms with Crippen LogP contribution in [0.2, 0.25) is 0 Å². The minimum Gasteiger partial charge on any atom is -0.385 e. The van der Waals surface area contributed by atoms with Gasteiger partial charge in [-0.3, -0.25) is 0 Å². The van der Waals surface area contributed by atoms with Crippen LogP contribution in [0.4, 0.5) is 13.2 Å². The Morgan fingerprint density at radius 2 is 1.89 bits per heavy atom. The van der Waals surface area contributed by atoms with Crippen molar-refractivity contribution in [2.24, 2.45) is 11.8 Å². The molecule has 2 fully saturated rings. The van der Waals surface area contributed by atoms with E-state index in [4.69, 9.17) is 0 Å². The third-order valence-corrected chi connectivity index (χ3v) is 4.52. The Morgan fingerprint density at radius 3 is 2.44 bits per heavy atom. The van der Waals surface area contributed by atoms with Crippen molar-refractivity contribution in [1.82, 2.24) is 0 Å². The van der Waals surface area contributed by atoms with Crippen LogP contribution in [0.5, 0.6) is 0 Å². The van der Waals surface area contributed by atoms with E-state index in [1.165, 1.54) is 12.1 Å². The summed E-state index contributed by atoms with van der Waals surface area (Å²) < 4.78 is 39.0. The second-order valence-electron chi connectivity index (χ2n) is 5.55. The van der Waals surface area contributed by atoms with Crippen molar-refractivity contribution >= 4 is 0 Å². The van der Waals surface area contributed by atoms with Gasteiger partial charge in [0.05, 0.1) is 11.2 Å². The molecule has 0 saturated heterocycles. The summed E-state index contributed by atoms with van der Waals surface area (Å²) >= 11 is 0. The van der Waals surface area contributed by atoms with Crippen molar-refractivity contribution in [3.05, 3.63) is 35.4 Å². The predicted octanol–water partition coefficient (Wildman–Crippen LogP) is 3.71. The summed E-state index contributed by atoms with van der Waals surface area (Å²) in [6.45, 7) is 0. The maximum absolute atomic E-state index is 13.0. The molecule has 0 radical (unpaired) electrons. The highest BCUT2D eigenvalue weighted by atomic mass is 19.4. The standard InChI is InChI=1S/C14H15F3O/c15-14(16,17)12-4-2-1-3-11(12)13(18)8-9-5-6-10(13)7-9/h1-4,9-10,18H,5-8H2. The molecule has 3 rings (SSSR count). The number of aliphatic hydroxyl groups is 1. The van der Waals surface area contributed by atoms with E-state index in [1.54, 1.807) is 6.07 Å². The number of hydrogen-bond acceptors (Lipinski definition) is 1. The fourth-order valence-corrected chi connectivity index (χ4v) is 3.74. The topological polar surface area (TPSA) is 20.2 Å². The van der Waals surface area contributed by atoms with Crippen LogP contribution in [0.1, 0.15) is 36.8 Å². The van der Waals surface area contributed by atoms with E-state index in [-0.39, 0.29) is 11.5 Å². The normalized spacial score (nSPS) is 35.1. The second kappa shape index (κ2) is 3.73. The number of halogens is 3. The zero-order chi connectivity index (χ0) is 13.0. The van der Waals surface area contributed by atoms with Crippen LogP contribution in [0.25, 0.3) is 0 Å². The van der Waals surface area contributed by atoms with Gasteiger partial charge in [0.25, 0.3) is 0 Å². The van der Waals surface area contributed by atoms with E-state index in [0.717, 1.165) is 25.3 Å². The van der Waals surface area contributed by atoms with E-state index in [2.05, 4.69) is 0 Å². The van der Waals surface area contributed by atoms with Crippen LogP contribution in [-0.2, 0) is 11.8 Å². The molecular formula is C14H15F3O. The molecular weight excluding hydrogens is 241 g/mol. The van der Waals surface area contributed by atoms with E-state index in [9.17, 15) is 18.3 Å². The fraction of sp³-hybridized carbons (Fsp3) is 0.571. The second-order valence-corrected chi connectivity index (χ2v) is 5.55. The van der Waals surface area contributed by atoms with Crippen molar-refractivity contribution in [2.45, 2.75) is 37.5 Å². The van der Waals surface area contributed by atoms with Gasteiger partial charge < -0.3 is 5.11 Å². The van der Waals surface area contributed by atoms with Gasteiger partial charge in [-0.15, -0.1) is 0 Å². The minimum absolute atomic E-state index is 0.00833. The number of fused-ring (bicyclic) bond motifs is 2. The maximum Gasteiger partial charge on any atom is 0.416 e. The minimum atomic E-state index is -4.39. The Balaban J connectivity index is 2.07. The summed E-state index contributed by atoms with van der Waals surface area (Å²) in [5.74, 6) is 0.382. The van der Waals surface area contributed by atoms with Gasteiger partial charge in [0.15, 0.2) is 0 Å². The van der Waals surface area contributed by atoms with E-state index < -0.39 is 17.3 Å². The molecule has 0 heterocycles. The lowest BCUT2D eigenvalue weighted by Crippen LogP contribution is -2.34. The van der Waals surface area contributed by atoms with Gasteiger partial charge >= 0.3 is 6.18 Å². The van der Waals surface area contributed by atoms with Crippen molar-refractivity contribution in [3.8, 4) is 0 Å². The fourth-order valence-electron chi connectivity index (χ4n) is 3.74. The Labute approximate surface area is 104 Å². The molecule has 4 heteroatoms. The Kier molecular flexibility index (Phi) is 2.49. The Bertz CT molecular complexity index is 468. The zero-order valence-corrected chi connectivity index (χ0v) is 9.87. The molecule has 1 nitrogen and oxygen atoms in total. The molecule has 1 N–H and O–H groups in total. The monoisotopic (exact) mass is 256 g/mol. The molecule has 0 spiro atoms. The van der Waals surface area contributed by atoms with E-state index in [0.29, 0.717) is 12.3 Å². The van der Waals surface area contributed by atoms with E-state index in [1.807, 2.05) is 0 Å². The SMILES string of the molecule is OC1(c2ccccc2C(F)(F)F)CC2CCC1C2. The zero-order valence-electron chi connectivity index (χ0n) is 9.87. The average molecular weight is 256 g/mol. The van der Waals surface area contributed by atoms with Crippen LogP contribution >= 0.6 is 0 Å². The lowest BCUT2D eigenvalue weighted by atomic mass is 9.77. The lowest BCUT2D eigenvalue weighted by Gasteiger charge is -2.34. The molecule has 1 aromatic carbocycles. The lowest BCUT2D eigenvalue weighted by molar-refractivity contribution is -0.142. The quantitative estimate of drug-likeness (QED) is 0.812. The van der Waals surface area contributed by atoms with Gasteiger partial charge in [0.2, 0.25) is 0 Å². The highest BCUT2D eigenvalue weighted by Gasteiger charge is 2.53. The van der Waals surface area contributed by atoms with Crippen LogP contribution in [0.15, 0.2) is 24.3 Å². The smallest absolute Gasteiger partial charge is 0.385 e. The largest absolute Gasteiger partial charge is 0.416 e. The molecule has 3 unspecified atom stereocenters. The van der Waals surface area contributed by atoms with Gasteiger partial charge in [-0.1, -0.05) is 18.2 Å². The Morgan fingerprint density at radius 1 is 1.17 bits per heavy atom. The molecule has 3 atom stereocenters. The third kappa shape index (κ3) is 1.66. The highest BCUT2D eigenvalue weighted by Crippen LogP contribution is 2.57. The van der Waals surface area contributed by atoms with Crippen molar-refractivity contribution in [3.63, 3.8) is 0 Å². The van der Waals surface area contributed by atoms with Crippen molar-refractivity contribution in [2.75, 3.05) is 0 Å². The maximum atomic E-state index is 13.0. The molecule has 0 aliphatic heterocycles. The van der Waals surface area contributed by atoms with Crippen molar-refractivity contribution < 1.29 is 18.3 Å². The van der Waals surface area contributed by atoms with Crippen LogP contribution in [-0.4, -0.2) is 5.11 Å². The van der Waals surface area contributed by atoms with Crippen LogP contribution in [0.3, 0.4) is 0 Å². The predicted molar refractivity (Wildman–Crippen MR) is 60.8 cm³/mol. The number of alkyl halides is 3. The first kappa shape index (κ1) is 12.0. The molecule has 2 bridgehead atoms. The molecule has 2 aliphatic carbocycles. The summed E-state index contributed by atoms with van der Waals surface area (Å²) in [4.78, 5) is 0. The summed E-state index contributed by atoms with van der Waals surface area (Å²) in [6, 6.07) is 5.46. The number of benzene rings is 1. The average Bonchev–Trinajstić information content (AvgIpc) is 2.88. The highest BCUT2D eigenvalue weighted by molar-refractivity contribution is 5.36. The first-order chi connectivity index (χ1) is 8.41. The van der Waals surface area contributed by atoms with E-state index >= 15 is 0 Å². The number of rotatable bonds is 1. The van der Waals surface area contributed by atoms with Gasteiger partial charge in [0, 0.05) is 0 Å². The van der Waals surface area contributed by atoms with Crippen LogP contribution < -0.4 is 0 Å². The molecule has 2 saturated carbocycles. The summed E-state index contributed by atoms with van der Waals surface area (Å²) in [5.41, 5.74) is -1.88. The van der Waals surface area contributed by atoms with Crippen molar-refractivity contribution in [1.29, 1.82) is 0 Å². The Hall–Kier alpha value is -1.03. The first-order valence-corrected chi connectivity index (χ1v) is 6.30. The molecule has 0 aromatic heterocycles. The first-order valence-electron chi connectivity index (χ1n) is 6.30. The third-order valence-electron chi connectivity index (χ3n) is 4.52. The summed E-state index contributed by atoms with van der Waals surface area (Å²) in [5, 5.41) is 10.7. The summed E-state index contributed by atoms with van der Waals surface area (Å²) in [6.07, 6.45) is -1.17. The van der Waals surface area contributed by atoms with Gasteiger partial charge in [-0.2, -0.15) is 13.2 Å².